The number of nitrogens with zero attached hydrogens (tertiary/aromatic N) is 4. The second-order valence-corrected chi connectivity index (χ2v) is 5.78. The topological polar surface area (TPSA) is 120 Å². The summed E-state index contributed by atoms with van der Waals surface area (Å²) in [4.78, 5) is 16.4. The zero-order valence-corrected chi connectivity index (χ0v) is 13.2. The molecule has 1 N–H and O–H groups in total. The summed E-state index contributed by atoms with van der Waals surface area (Å²) in [6.07, 6.45) is 2.25. The van der Waals surface area contributed by atoms with Crippen molar-refractivity contribution in [3.05, 3.63) is 34.7 Å². The minimum Gasteiger partial charge on any atom is -0.361 e. The van der Waals surface area contributed by atoms with E-state index in [0.29, 0.717) is 34.5 Å². The highest BCUT2D eigenvalue weighted by Crippen LogP contribution is 2.40. The molecule has 1 aliphatic carbocycles. The van der Waals surface area contributed by atoms with Crippen molar-refractivity contribution in [2.45, 2.75) is 39.2 Å². The van der Waals surface area contributed by atoms with Crippen LogP contribution in [0.3, 0.4) is 0 Å². The van der Waals surface area contributed by atoms with Gasteiger partial charge in [-0.05, 0) is 26.7 Å². The molecule has 3 heterocycles. The summed E-state index contributed by atoms with van der Waals surface area (Å²) in [7, 11) is 0. The van der Waals surface area contributed by atoms with Crippen LogP contribution in [0.2, 0.25) is 0 Å². The molecule has 3 aromatic heterocycles. The first-order valence-corrected chi connectivity index (χ1v) is 7.62. The van der Waals surface area contributed by atoms with E-state index in [2.05, 4.69) is 25.8 Å². The monoisotopic (exact) mass is 329 g/mol. The van der Waals surface area contributed by atoms with Crippen LogP contribution in [-0.2, 0) is 6.54 Å². The second kappa shape index (κ2) is 5.59. The van der Waals surface area contributed by atoms with E-state index >= 15 is 0 Å². The highest BCUT2D eigenvalue weighted by atomic mass is 16.5. The molecule has 9 heteroatoms. The molecule has 1 saturated carbocycles. The normalized spacial score (nSPS) is 14.1. The molecule has 4 rings (SSSR count). The van der Waals surface area contributed by atoms with Crippen molar-refractivity contribution in [3.8, 4) is 11.5 Å². The zero-order valence-electron chi connectivity index (χ0n) is 13.2. The van der Waals surface area contributed by atoms with Gasteiger partial charge in [0, 0.05) is 12.0 Å². The number of hydrogen-bond donors (Lipinski definition) is 1. The van der Waals surface area contributed by atoms with Gasteiger partial charge in [-0.3, -0.25) is 4.79 Å². The van der Waals surface area contributed by atoms with Crippen molar-refractivity contribution < 1.29 is 18.4 Å². The molecule has 0 aromatic carbocycles. The highest BCUT2D eigenvalue weighted by molar-refractivity contribution is 5.95. The molecule has 0 radical (unpaired) electrons. The first-order valence-electron chi connectivity index (χ1n) is 7.62. The van der Waals surface area contributed by atoms with Crippen LogP contribution in [0, 0.1) is 13.8 Å². The van der Waals surface area contributed by atoms with Gasteiger partial charge >= 0.3 is 0 Å². The molecule has 1 aliphatic rings. The number of nitrogens with one attached hydrogen (secondary N) is 1. The Bertz CT molecular complexity index is 870. The number of hydrogen-bond acceptors (Lipinski definition) is 8. The molecule has 124 valence electrons. The Morgan fingerprint density at radius 1 is 1.21 bits per heavy atom. The molecule has 0 unspecified atom stereocenters. The van der Waals surface area contributed by atoms with Gasteiger partial charge in [0.05, 0.1) is 12.2 Å². The van der Waals surface area contributed by atoms with Crippen LogP contribution < -0.4 is 5.32 Å². The molecule has 0 aliphatic heterocycles. The summed E-state index contributed by atoms with van der Waals surface area (Å²) in [6, 6.07) is 1.83. The van der Waals surface area contributed by atoms with E-state index < -0.39 is 0 Å². The zero-order chi connectivity index (χ0) is 16.7. The average Bonchev–Trinajstić information content (AvgIpc) is 2.98. The molecule has 1 fully saturated rings. The third kappa shape index (κ3) is 2.68. The summed E-state index contributed by atoms with van der Waals surface area (Å²) in [5.74, 6) is 2.10. The number of amides is 1. The summed E-state index contributed by atoms with van der Waals surface area (Å²) in [5.41, 5.74) is 1.48. The fraction of sp³-hybridized carbons (Fsp3) is 0.400. The van der Waals surface area contributed by atoms with Gasteiger partial charge in [0.15, 0.2) is 5.69 Å². The molecule has 24 heavy (non-hydrogen) atoms. The number of carbonyl (C=O) groups excluding carboxylic acids is 1. The molecule has 9 nitrogen and oxygen atoms in total. The third-order valence-electron chi connectivity index (χ3n) is 3.87. The number of aromatic nitrogens is 4. The Morgan fingerprint density at radius 3 is 2.75 bits per heavy atom. The van der Waals surface area contributed by atoms with Crippen LogP contribution in [0.4, 0.5) is 0 Å². The SMILES string of the molecule is Cc1noc(C)c1C(=O)NCc1nc(-c2cc(C3CC3)on2)no1. The van der Waals surface area contributed by atoms with Crippen molar-refractivity contribution in [2.75, 3.05) is 0 Å². The van der Waals surface area contributed by atoms with Crippen LogP contribution in [0.25, 0.3) is 11.5 Å². The van der Waals surface area contributed by atoms with Gasteiger partial charge in [0.1, 0.15) is 17.1 Å². The summed E-state index contributed by atoms with van der Waals surface area (Å²) < 4.78 is 15.4. The smallest absolute Gasteiger partial charge is 0.257 e. The summed E-state index contributed by atoms with van der Waals surface area (Å²) >= 11 is 0. The maximum atomic E-state index is 12.2. The first kappa shape index (κ1) is 14.6. The lowest BCUT2D eigenvalue weighted by Gasteiger charge is -2.00. The van der Waals surface area contributed by atoms with Crippen LogP contribution in [0.5, 0.6) is 0 Å². The van der Waals surface area contributed by atoms with Gasteiger partial charge in [-0.2, -0.15) is 4.98 Å². The summed E-state index contributed by atoms with van der Waals surface area (Å²) in [5, 5.41) is 14.3. The third-order valence-corrected chi connectivity index (χ3v) is 3.87. The predicted octanol–water partition coefficient (Wildman–Crippen LogP) is 2.14. The fourth-order valence-corrected chi connectivity index (χ4v) is 2.44. The molecule has 0 saturated heterocycles. The fourth-order valence-electron chi connectivity index (χ4n) is 2.44. The van der Waals surface area contributed by atoms with Crippen molar-refractivity contribution in [3.63, 3.8) is 0 Å². The van der Waals surface area contributed by atoms with Crippen molar-refractivity contribution >= 4 is 5.91 Å². The number of carbonyl (C=O) groups is 1. The molecule has 3 aromatic rings. The Balaban J connectivity index is 1.42. The van der Waals surface area contributed by atoms with Crippen molar-refractivity contribution in [2.24, 2.45) is 0 Å². The standard InChI is InChI=1S/C15H15N5O4/c1-7-13(8(2)22-18-7)15(21)16-6-12-17-14(20-24-12)10-5-11(23-19-10)9-3-4-9/h5,9H,3-4,6H2,1-2H3,(H,16,21). The molecule has 0 spiro atoms. The molecular weight excluding hydrogens is 314 g/mol. The van der Waals surface area contributed by atoms with Crippen molar-refractivity contribution in [1.82, 2.24) is 25.8 Å². The van der Waals surface area contributed by atoms with E-state index in [4.69, 9.17) is 13.6 Å². The average molecular weight is 329 g/mol. The minimum absolute atomic E-state index is 0.100. The largest absolute Gasteiger partial charge is 0.361 e. The van der Waals surface area contributed by atoms with Crippen molar-refractivity contribution in [1.29, 1.82) is 0 Å². The molecule has 1 amide bonds. The first-order chi connectivity index (χ1) is 11.6. The lowest BCUT2D eigenvalue weighted by Crippen LogP contribution is -2.24. The van der Waals surface area contributed by atoms with Crippen LogP contribution in [0.1, 0.15) is 52.2 Å². The van der Waals surface area contributed by atoms with Gasteiger partial charge in [-0.25, -0.2) is 0 Å². The van der Waals surface area contributed by atoms with Crippen LogP contribution >= 0.6 is 0 Å². The Labute approximate surface area is 136 Å². The molecular formula is C15H15N5O4. The maximum absolute atomic E-state index is 12.2. The van der Waals surface area contributed by atoms with Crippen LogP contribution in [0.15, 0.2) is 19.6 Å². The predicted molar refractivity (Wildman–Crippen MR) is 78.9 cm³/mol. The number of aryl methyl sites for hydroxylation is 2. The van der Waals surface area contributed by atoms with Gasteiger partial charge in [0.2, 0.25) is 11.7 Å². The minimum atomic E-state index is -0.302. The van der Waals surface area contributed by atoms with E-state index in [9.17, 15) is 4.79 Å². The van der Waals surface area contributed by atoms with E-state index in [1.165, 1.54) is 0 Å². The van der Waals surface area contributed by atoms with E-state index in [1.807, 2.05) is 6.07 Å². The quantitative estimate of drug-likeness (QED) is 0.756. The second-order valence-electron chi connectivity index (χ2n) is 5.78. The summed E-state index contributed by atoms with van der Waals surface area (Å²) in [6.45, 7) is 3.49. The van der Waals surface area contributed by atoms with Gasteiger partial charge in [0.25, 0.3) is 5.91 Å². The van der Waals surface area contributed by atoms with Gasteiger partial charge in [-0.1, -0.05) is 15.5 Å². The van der Waals surface area contributed by atoms with Gasteiger partial charge in [-0.15, -0.1) is 0 Å². The molecule has 0 bridgehead atoms. The van der Waals surface area contributed by atoms with E-state index in [-0.39, 0.29) is 18.3 Å². The Hall–Kier alpha value is -2.97. The lowest BCUT2D eigenvalue weighted by atomic mass is 10.2. The van der Waals surface area contributed by atoms with E-state index in [1.54, 1.807) is 13.8 Å². The van der Waals surface area contributed by atoms with E-state index in [0.717, 1.165) is 18.6 Å². The Morgan fingerprint density at radius 2 is 2.04 bits per heavy atom. The highest BCUT2D eigenvalue weighted by Gasteiger charge is 2.28. The molecule has 0 atom stereocenters. The van der Waals surface area contributed by atoms with Crippen LogP contribution in [-0.4, -0.2) is 26.4 Å². The van der Waals surface area contributed by atoms with Gasteiger partial charge < -0.3 is 18.9 Å². The lowest BCUT2D eigenvalue weighted by molar-refractivity contribution is 0.0944. The number of rotatable bonds is 5. The Kier molecular flexibility index (Phi) is 3.40. The maximum Gasteiger partial charge on any atom is 0.257 e.